The number of nitrogens with one attached hydrogen (secondary N) is 1. The minimum absolute atomic E-state index is 0.131. The minimum Gasteiger partial charge on any atom is -0.382 e. The van der Waals surface area contributed by atoms with Gasteiger partial charge in [-0.15, -0.1) is 0 Å². The summed E-state index contributed by atoms with van der Waals surface area (Å²) in [5.74, 6) is -0.142. The molecule has 0 spiro atoms. The maximum atomic E-state index is 12.4. The number of nitrogen functional groups attached to an aromatic ring is 1. The number of nitrogens with two attached hydrogens (primary N) is 1. The maximum absolute atomic E-state index is 12.4. The van der Waals surface area contributed by atoms with Crippen molar-refractivity contribution in [3.8, 4) is 11.3 Å². The van der Waals surface area contributed by atoms with Crippen molar-refractivity contribution < 1.29 is 4.79 Å². The van der Waals surface area contributed by atoms with Crippen LogP contribution >= 0.6 is 11.6 Å². The van der Waals surface area contributed by atoms with Gasteiger partial charge in [0.1, 0.15) is 0 Å². The second-order valence-corrected chi connectivity index (χ2v) is 5.83. The zero-order chi connectivity index (χ0) is 15.5. The third-order valence-corrected chi connectivity index (χ3v) is 4.19. The Kier molecular flexibility index (Phi) is 4.24. The second-order valence-electron chi connectivity index (χ2n) is 5.42. The molecule has 0 radical (unpaired) electrons. The summed E-state index contributed by atoms with van der Waals surface area (Å²) in [5.41, 5.74) is 7.24. The Morgan fingerprint density at radius 3 is 2.73 bits per heavy atom. The monoisotopic (exact) mass is 316 g/mol. The molecule has 22 heavy (non-hydrogen) atoms. The summed E-state index contributed by atoms with van der Waals surface area (Å²) in [5, 5.41) is 3.53. The van der Waals surface area contributed by atoms with E-state index in [4.69, 9.17) is 17.3 Å². The number of benzene rings is 1. The van der Waals surface area contributed by atoms with E-state index >= 15 is 0 Å². The zero-order valence-electron chi connectivity index (χ0n) is 12.1. The van der Waals surface area contributed by atoms with Crippen LogP contribution in [-0.2, 0) is 0 Å². The number of hydrogen-bond donors (Lipinski definition) is 2. The van der Waals surface area contributed by atoms with Crippen molar-refractivity contribution in [3.63, 3.8) is 0 Å². The molecule has 1 saturated carbocycles. The molecule has 0 atom stereocenters. The highest BCUT2D eigenvalue weighted by Gasteiger charge is 2.21. The van der Waals surface area contributed by atoms with Crippen LogP contribution < -0.4 is 11.1 Å². The molecule has 0 unspecified atom stereocenters. The molecular weight excluding hydrogens is 300 g/mol. The summed E-state index contributed by atoms with van der Waals surface area (Å²) in [6, 6.07) is 7.51. The molecule has 0 aliphatic heterocycles. The molecular formula is C16H17ClN4O. The van der Waals surface area contributed by atoms with E-state index in [1.807, 2.05) is 18.2 Å². The Labute approximate surface area is 133 Å². The molecule has 3 N–H and O–H groups in total. The summed E-state index contributed by atoms with van der Waals surface area (Å²) < 4.78 is 0. The standard InChI is InChI=1S/C16H17ClN4O/c17-12-8-4-3-7-11(12)13-9-19-15(18)14(21-13)16(22)20-10-5-1-2-6-10/h3-4,7-10H,1-2,5-6H2,(H2,18,19)(H,20,22). The van der Waals surface area contributed by atoms with Gasteiger partial charge in [-0.2, -0.15) is 0 Å². The Hall–Kier alpha value is -2.14. The number of nitrogens with zero attached hydrogens (tertiary/aromatic N) is 2. The lowest BCUT2D eigenvalue weighted by Crippen LogP contribution is -2.33. The SMILES string of the molecule is Nc1ncc(-c2ccccc2Cl)nc1C(=O)NC1CCCC1. The highest BCUT2D eigenvalue weighted by Crippen LogP contribution is 2.26. The molecule has 1 aromatic heterocycles. The molecule has 1 aromatic carbocycles. The third kappa shape index (κ3) is 3.04. The topological polar surface area (TPSA) is 80.9 Å². The first-order chi connectivity index (χ1) is 10.6. The van der Waals surface area contributed by atoms with Crippen molar-refractivity contribution in [2.45, 2.75) is 31.7 Å². The second kappa shape index (κ2) is 6.32. The molecule has 1 heterocycles. The van der Waals surface area contributed by atoms with Crippen LogP contribution in [0, 0.1) is 0 Å². The fraction of sp³-hybridized carbons (Fsp3) is 0.312. The van der Waals surface area contributed by atoms with Gasteiger partial charge < -0.3 is 11.1 Å². The summed E-state index contributed by atoms with van der Waals surface area (Å²) in [4.78, 5) is 20.8. The van der Waals surface area contributed by atoms with E-state index < -0.39 is 0 Å². The quantitative estimate of drug-likeness (QED) is 0.912. The van der Waals surface area contributed by atoms with Crippen LogP contribution in [0.15, 0.2) is 30.5 Å². The Morgan fingerprint density at radius 1 is 1.27 bits per heavy atom. The summed E-state index contributed by atoms with van der Waals surface area (Å²) >= 11 is 6.17. The molecule has 0 bridgehead atoms. The number of amides is 1. The van der Waals surface area contributed by atoms with Gasteiger partial charge in [-0.25, -0.2) is 9.97 Å². The van der Waals surface area contributed by atoms with Gasteiger partial charge in [-0.3, -0.25) is 4.79 Å². The average Bonchev–Trinajstić information content (AvgIpc) is 3.01. The maximum Gasteiger partial charge on any atom is 0.273 e. The van der Waals surface area contributed by atoms with E-state index in [-0.39, 0.29) is 23.5 Å². The number of carbonyl (C=O) groups is 1. The first kappa shape index (κ1) is 14.8. The molecule has 1 amide bonds. The summed E-state index contributed by atoms with van der Waals surface area (Å²) in [6.45, 7) is 0. The highest BCUT2D eigenvalue weighted by molar-refractivity contribution is 6.33. The Bertz CT molecular complexity index is 698. The van der Waals surface area contributed by atoms with Crippen LogP contribution in [0.2, 0.25) is 5.02 Å². The summed E-state index contributed by atoms with van der Waals surface area (Å²) in [7, 11) is 0. The van der Waals surface area contributed by atoms with Crippen molar-refractivity contribution >= 4 is 23.3 Å². The average molecular weight is 317 g/mol. The van der Waals surface area contributed by atoms with E-state index in [0.29, 0.717) is 10.7 Å². The number of hydrogen-bond acceptors (Lipinski definition) is 4. The van der Waals surface area contributed by atoms with Gasteiger partial charge in [-0.1, -0.05) is 42.6 Å². The largest absolute Gasteiger partial charge is 0.382 e. The fourth-order valence-electron chi connectivity index (χ4n) is 2.69. The molecule has 1 aliphatic carbocycles. The highest BCUT2D eigenvalue weighted by atomic mass is 35.5. The van der Waals surface area contributed by atoms with Crippen LogP contribution in [0.25, 0.3) is 11.3 Å². The van der Waals surface area contributed by atoms with Gasteiger partial charge in [0.15, 0.2) is 11.5 Å². The van der Waals surface area contributed by atoms with E-state index in [9.17, 15) is 4.79 Å². The molecule has 6 heteroatoms. The predicted molar refractivity (Wildman–Crippen MR) is 86.6 cm³/mol. The Morgan fingerprint density at radius 2 is 2.00 bits per heavy atom. The number of aromatic nitrogens is 2. The fourth-order valence-corrected chi connectivity index (χ4v) is 2.92. The van der Waals surface area contributed by atoms with Crippen LogP contribution in [0.3, 0.4) is 0 Å². The van der Waals surface area contributed by atoms with Gasteiger partial charge in [0.25, 0.3) is 5.91 Å². The number of halogens is 1. The van der Waals surface area contributed by atoms with Crippen molar-refractivity contribution in [2.75, 3.05) is 5.73 Å². The first-order valence-corrected chi connectivity index (χ1v) is 7.71. The van der Waals surface area contributed by atoms with Gasteiger partial charge in [0.05, 0.1) is 16.9 Å². The smallest absolute Gasteiger partial charge is 0.273 e. The van der Waals surface area contributed by atoms with Crippen molar-refractivity contribution in [2.24, 2.45) is 0 Å². The van der Waals surface area contributed by atoms with E-state index in [0.717, 1.165) is 31.2 Å². The number of rotatable bonds is 3. The van der Waals surface area contributed by atoms with Gasteiger partial charge in [-0.05, 0) is 18.9 Å². The molecule has 114 valence electrons. The van der Waals surface area contributed by atoms with E-state index in [1.54, 1.807) is 6.07 Å². The van der Waals surface area contributed by atoms with E-state index in [2.05, 4.69) is 15.3 Å². The summed E-state index contributed by atoms with van der Waals surface area (Å²) in [6.07, 6.45) is 5.83. The van der Waals surface area contributed by atoms with Crippen LogP contribution in [0.4, 0.5) is 5.82 Å². The number of anilines is 1. The van der Waals surface area contributed by atoms with Crippen molar-refractivity contribution in [3.05, 3.63) is 41.2 Å². The molecule has 2 aromatic rings. The van der Waals surface area contributed by atoms with Crippen LogP contribution in [0.5, 0.6) is 0 Å². The Balaban J connectivity index is 1.89. The molecule has 1 aliphatic rings. The van der Waals surface area contributed by atoms with Gasteiger partial charge >= 0.3 is 0 Å². The lowest BCUT2D eigenvalue weighted by molar-refractivity contribution is 0.0933. The number of carbonyl (C=O) groups excluding carboxylic acids is 1. The first-order valence-electron chi connectivity index (χ1n) is 7.33. The van der Waals surface area contributed by atoms with Crippen LogP contribution in [0.1, 0.15) is 36.2 Å². The van der Waals surface area contributed by atoms with Crippen molar-refractivity contribution in [1.29, 1.82) is 0 Å². The predicted octanol–water partition coefficient (Wildman–Crippen LogP) is 3.05. The molecule has 1 fully saturated rings. The molecule has 3 rings (SSSR count). The lowest BCUT2D eigenvalue weighted by atomic mass is 10.1. The van der Waals surface area contributed by atoms with Crippen LogP contribution in [-0.4, -0.2) is 21.9 Å². The zero-order valence-corrected chi connectivity index (χ0v) is 12.8. The van der Waals surface area contributed by atoms with Crippen molar-refractivity contribution in [1.82, 2.24) is 15.3 Å². The third-order valence-electron chi connectivity index (χ3n) is 3.86. The minimum atomic E-state index is -0.272. The van der Waals surface area contributed by atoms with Gasteiger partial charge in [0.2, 0.25) is 0 Å². The van der Waals surface area contributed by atoms with Gasteiger partial charge in [0, 0.05) is 11.6 Å². The molecule has 0 saturated heterocycles. The van der Waals surface area contributed by atoms with E-state index in [1.165, 1.54) is 6.20 Å². The lowest BCUT2D eigenvalue weighted by Gasteiger charge is -2.13. The molecule has 5 nitrogen and oxygen atoms in total. The normalized spacial score (nSPS) is 15.0.